The molecule has 31 heavy (non-hydrogen) atoms. The van der Waals surface area contributed by atoms with Gasteiger partial charge in [0.05, 0.1) is 17.4 Å². The Balaban J connectivity index is 1.65. The topological polar surface area (TPSA) is 116 Å². The molecular weight excluding hydrogens is 394 g/mol. The van der Waals surface area contributed by atoms with Crippen LogP contribution in [-0.2, 0) is 0 Å². The molecule has 1 aromatic carbocycles. The fourth-order valence-corrected chi connectivity index (χ4v) is 3.05. The number of hydrogen-bond acceptors (Lipinski definition) is 5. The number of urea groups is 1. The van der Waals surface area contributed by atoms with Gasteiger partial charge in [0.25, 0.3) is 5.91 Å². The number of carbonyl (C=O) groups excluding carboxylic acids is 2. The van der Waals surface area contributed by atoms with Crippen LogP contribution in [0.4, 0.5) is 16.3 Å². The van der Waals surface area contributed by atoms with E-state index in [-0.39, 0.29) is 17.6 Å². The highest BCUT2D eigenvalue weighted by Gasteiger charge is 2.16. The van der Waals surface area contributed by atoms with Crippen LogP contribution in [0, 0.1) is 6.92 Å². The van der Waals surface area contributed by atoms with Crippen molar-refractivity contribution >= 4 is 34.3 Å². The molecule has 3 aromatic heterocycles. The Hall–Kier alpha value is -4.27. The van der Waals surface area contributed by atoms with Gasteiger partial charge in [0, 0.05) is 37.4 Å². The Kier molecular flexibility index (Phi) is 5.31. The summed E-state index contributed by atoms with van der Waals surface area (Å²) in [5, 5.41) is 13.3. The fraction of sp³-hybridized carbons (Fsp3) is 0.136. The lowest BCUT2D eigenvalue weighted by atomic mass is 10.0. The summed E-state index contributed by atoms with van der Waals surface area (Å²) >= 11 is 0. The first-order chi connectivity index (χ1) is 14.9. The minimum absolute atomic E-state index is 0.243. The predicted octanol–water partition coefficient (Wildman–Crippen LogP) is 3.67. The Morgan fingerprint density at radius 1 is 1.03 bits per heavy atom. The molecular formula is C22H21N7O2. The smallest absolute Gasteiger partial charge is 0.321 e. The van der Waals surface area contributed by atoms with Crippen LogP contribution in [0.3, 0.4) is 0 Å². The number of H-pyrrole nitrogens is 1. The molecule has 0 aliphatic rings. The predicted molar refractivity (Wildman–Crippen MR) is 119 cm³/mol. The first-order valence-corrected chi connectivity index (χ1v) is 9.57. The lowest BCUT2D eigenvalue weighted by Crippen LogP contribution is -2.27. The molecule has 3 heterocycles. The van der Waals surface area contributed by atoms with Crippen molar-refractivity contribution in [2.24, 2.45) is 0 Å². The third-order valence-corrected chi connectivity index (χ3v) is 4.75. The van der Waals surface area contributed by atoms with E-state index in [1.165, 1.54) is 4.90 Å². The second kappa shape index (κ2) is 8.23. The summed E-state index contributed by atoms with van der Waals surface area (Å²) in [7, 11) is 3.33. The number of pyridine rings is 2. The molecule has 0 aliphatic carbocycles. The number of nitrogens with zero attached hydrogens (tertiary/aromatic N) is 4. The average molecular weight is 415 g/mol. The second-order valence-corrected chi connectivity index (χ2v) is 7.24. The van der Waals surface area contributed by atoms with Gasteiger partial charge in [-0.2, -0.15) is 5.10 Å². The van der Waals surface area contributed by atoms with Crippen molar-refractivity contribution < 1.29 is 9.59 Å². The zero-order valence-electron chi connectivity index (χ0n) is 17.3. The summed E-state index contributed by atoms with van der Waals surface area (Å²) in [5.74, 6) is 0.142. The maximum Gasteiger partial charge on any atom is 0.321 e. The molecule has 0 spiro atoms. The third-order valence-electron chi connectivity index (χ3n) is 4.75. The van der Waals surface area contributed by atoms with Crippen LogP contribution in [0.1, 0.15) is 16.1 Å². The molecule has 0 aliphatic heterocycles. The number of rotatable bonds is 4. The minimum atomic E-state index is -0.352. The van der Waals surface area contributed by atoms with Gasteiger partial charge in [0.1, 0.15) is 5.82 Å². The molecule has 4 aromatic rings. The van der Waals surface area contributed by atoms with Gasteiger partial charge in [-0.3, -0.25) is 14.9 Å². The Morgan fingerprint density at radius 3 is 2.65 bits per heavy atom. The van der Waals surface area contributed by atoms with Gasteiger partial charge < -0.3 is 15.5 Å². The average Bonchev–Trinajstić information content (AvgIpc) is 3.19. The van der Waals surface area contributed by atoms with Gasteiger partial charge >= 0.3 is 6.03 Å². The molecule has 0 saturated carbocycles. The minimum Gasteiger partial charge on any atom is -0.331 e. The van der Waals surface area contributed by atoms with Gasteiger partial charge in [-0.05, 0) is 42.3 Å². The van der Waals surface area contributed by atoms with Crippen molar-refractivity contribution in [1.82, 2.24) is 25.1 Å². The van der Waals surface area contributed by atoms with Crippen LogP contribution in [0.5, 0.6) is 0 Å². The number of fused-ring (bicyclic) bond motifs is 1. The van der Waals surface area contributed by atoms with E-state index in [4.69, 9.17) is 0 Å². The quantitative estimate of drug-likeness (QED) is 0.470. The van der Waals surface area contributed by atoms with Crippen molar-refractivity contribution in [3.8, 4) is 11.1 Å². The van der Waals surface area contributed by atoms with Crippen molar-refractivity contribution in [3.05, 3.63) is 66.2 Å². The van der Waals surface area contributed by atoms with E-state index in [1.807, 2.05) is 43.3 Å². The number of benzene rings is 1. The molecule has 3 amide bonds. The molecule has 9 heteroatoms. The standard InChI is InChI=1S/C22H21N7O2/c1-13-5-4-8-24-20(13)26-21(30)19-17-10-14(6-7-18(17)27-28-19)15-9-16(12-23-11-15)25-22(31)29(2)3/h4-12H,1-3H3,(H,25,31)(H,27,28)(H,24,26,30). The molecule has 156 valence electrons. The van der Waals surface area contributed by atoms with E-state index in [2.05, 4.69) is 30.8 Å². The van der Waals surface area contributed by atoms with E-state index in [0.717, 1.165) is 22.2 Å². The van der Waals surface area contributed by atoms with Crippen LogP contribution in [0.2, 0.25) is 0 Å². The molecule has 0 bridgehead atoms. The summed E-state index contributed by atoms with van der Waals surface area (Å²) in [6.45, 7) is 1.87. The third kappa shape index (κ3) is 4.20. The van der Waals surface area contributed by atoms with Crippen LogP contribution < -0.4 is 10.6 Å². The van der Waals surface area contributed by atoms with E-state index in [1.54, 1.807) is 32.7 Å². The monoisotopic (exact) mass is 415 g/mol. The molecule has 0 fully saturated rings. The summed E-state index contributed by atoms with van der Waals surface area (Å²) in [5.41, 5.74) is 4.08. The highest BCUT2D eigenvalue weighted by molar-refractivity contribution is 6.11. The van der Waals surface area contributed by atoms with Crippen LogP contribution in [0.15, 0.2) is 55.0 Å². The Bertz CT molecular complexity index is 1280. The molecule has 0 unspecified atom stereocenters. The Morgan fingerprint density at radius 2 is 1.87 bits per heavy atom. The van der Waals surface area contributed by atoms with Gasteiger partial charge in [-0.1, -0.05) is 12.1 Å². The molecule has 0 radical (unpaired) electrons. The van der Waals surface area contributed by atoms with E-state index in [0.29, 0.717) is 16.9 Å². The van der Waals surface area contributed by atoms with Gasteiger partial charge in [0.2, 0.25) is 0 Å². The first kappa shape index (κ1) is 20.0. The van der Waals surface area contributed by atoms with Crippen LogP contribution in [-0.4, -0.2) is 51.1 Å². The number of aryl methyl sites for hydroxylation is 1. The molecule has 0 saturated heterocycles. The van der Waals surface area contributed by atoms with Gasteiger partial charge in [-0.25, -0.2) is 9.78 Å². The summed E-state index contributed by atoms with van der Waals surface area (Å²) < 4.78 is 0. The number of amides is 3. The largest absolute Gasteiger partial charge is 0.331 e. The zero-order valence-corrected chi connectivity index (χ0v) is 17.3. The normalized spacial score (nSPS) is 10.7. The van der Waals surface area contributed by atoms with Crippen molar-refractivity contribution in [1.29, 1.82) is 0 Å². The second-order valence-electron chi connectivity index (χ2n) is 7.24. The molecule has 3 N–H and O–H groups in total. The summed E-state index contributed by atoms with van der Waals surface area (Å²) in [4.78, 5) is 34.6. The molecule has 0 atom stereocenters. The number of anilines is 2. The van der Waals surface area contributed by atoms with E-state index in [9.17, 15) is 9.59 Å². The number of nitrogens with one attached hydrogen (secondary N) is 3. The van der Waals surface area contributed by atoms with Crippen molar-refractivity contribution in [2.75, 3.05) is 24.7 Å². The van der Waals surface area contributed by atoms with Gasteiger partial charge in [-0.15, -0.1) is 0 Å². The van der Waals surface area contributed by atoms with Crippen LogP contribution >= 0.6 is 0 Å². The first-order valence-electron chi connectivity index (χ1n) is 9.57. The van der Waals surface area contributed by atoms with Crippen molar-refractivity contribution in [2.45, 2.75) is 6.92 Å². The van der Waals surface area contributed by atoms with Crippen LogP contribution in [0.25, 0.3) is 22.0 Å². The number of aromatic amines is 1. The number of carbonyl (C=O) groups is 2. The fourth-order valence-electron chi connectivity index (χ4n) is 3.05. The zero-order chi connectivity index (χ0) is 22.0. The van der Waals surface area contributed by atoms with Gasteiger partial charge in [0.15, 0.2) is 5.69 Å². The SMILES string of the molecule is Cc1cccnc1NC(=O)c1n[nH]c2ccc(-c3cncc(NC(=O)N(C)C)c3)cc12. The van der Waals surface area contributed by atoms with E-state index >= 15 is 0 Å². The lowest BCUT2D eigenvalue weighted by Gasteiger charge is -2.12. The lowest BCUT2D eigenvalue weighted by molar-refractivity contribution is 0.102. The Labute approximate surface area is 178 Å². The highest BCUT2D eigenvalue weighted by atomic mass is 16.2. The number of aromatic nitrogens is 4. The maximum atomic E-state index is 12.8. The summed E-state index contributed by atoms with van der Waals surface area (Å²) in [6.07, 6.45) is 4.90. The highest BCUT2D eigenvalue weighted by Crippen LogP contribution is 2.27. The maximum absolute atomic E-state index is 12.8. The van der Waals surface area contributed by atoms with E-state index < -0.39 is 0 Å². The van der Waals surface area contributed by atoms with Crippen molar-refractivity contribution in [3.63, 3.8) is 0 Å². The molecule has 9 nitrogen and oxygen atoms in total. The molecule has 4 rings (SSSR count). The summed E-state index contributed by atoms with van der Waals surface area (Å²) in [6, 6.07) is 10.9. The number of hydrogen-bond donors (Lipinski definition) is 3.